The van der Waals surface area contributed by atoms with Crippen LogP contribution in [0.3, 0.4) is 0 Å². The van der Waals surface area contributed by atoms with Crippen molar-refractivity contribution in [1.29, 1.82) is 0 Å². The molecule has 1 fully saturated rings. The standard InChI is InChI=1S/C24H24F2N4O2.CH5N/c1-16-2-7-21(25)20(24(16)26)14-27-22-12-23(28-13-17(22)15-31)29-18-3-5-19(6-4-18)30-8-10-32-11-9-30;1-2/h2-7,12-13,15H,8-11,14H2,1H3,(H2,27,28,29);2H2,1H3. The number of carbonyl (C=O) groups excluding carboxylic acids is 1. The van der Waals surface area contributed by atoms with Gasteiger partial charge in [0, 0.05) is 48.8 Å². The van der Waals surface area contributed by atoms with E-state index in [4.69, 9.17) is 4.74 Å². The number of ether oxygens (including phenoxy) is 1. The van der Waals surface area contributed by atoms with Crippen LogP contribution in [0.25, 0.3) is 0 Å². The maximum absolute atomic E-state index is 14.3. The topological polar surface area (TPSA) is 92.5 Å². The summed E-state index contributed by atoms with van der Waals surface area (Å²) >= 11 is 0. The van der Waals surface area contributed by atoms with Gasteiger partial charge in [-0.25, -0.2) is 13.8 Å². The fourth-order valence-electron chi connectivity index (χ4n) is 3.57. The molecular formula is C25H29F2N5O2. The minimum absolute atomic E-state index is 0.0770. The Hall–Kier alpha value is -3.56. The van der Waals surface area contributed by atoms with Crippen LogP contribution in [-0.4, -0.2) is 44.6 Å². The fourth-order valence-corrected chi connectivity index (χ4v) is 3.57. The largest absolute Gasteiger partial charge is 0.380 e. The predicted molar refractivity (Wildman–Crippen MR) is 131 cm³/mol. The molecule has 4 rings (SSSR count). The lowest BCUT2D eigenvalue weighted by molar-refractivity contribution is 0.112. The summed E-state index contributed by atoms with van der Waals surface area (Å²) < 4.78 is 33.7. The van der Waals surface area contributed by atoms with Crippen molar-refractivity contribution in [3.05, 3.63) is 77.0 Å². The highest BCUT2D eigenvalue weighted by Crippen LogP contribution is 2.25. The van der Waals surface area contributed by atoms with Gasteiger partial charge in [0.25, 0.3) is 0 Å². The summed E-state index contributed by atoms with van der Waals surface area (Å²) in [4.78, 5) is 17.9. The molecule has 0 atom stereocenters. The first-order valence-electron chi connectivity index (χ1n) is 11.0. The second-order valence-electron chi connectivity index (χ2n) is 7.56. The lowest BCUT2D eigenvalue weighted by Gasteiger charge is -2.28. The van der Waals surface area contributed by atoms with Gasteiger partial charge in [0.2, 0.25) is 0 Å². The molecule has 0 spiro atoms. The lowest BCUT2D eigenvalue weighted by atomic mass is 10.1. The van der Waals surface area contributed by atoms with Crippen LogP contribution < -0.4 is 21.3 Å². The fraction of sp³-hybridized carbons (Fsp3) is 0.280. The van der Waals surface area contributed by atoms with Gasteiger partial charge >= 0.3 is 0 Å². The number of benzene rings is 2. The highest BCUT2D eigenvalue weighted by atomic mass is 19.1. The molecule has 1 aromatic heterocycles. The summed E-state index contributed by atoms with van der Waals surface area (Å²) in [6.45, 7) is 4.64. The van der Waals surface area contributed by atoms with Crippen molar-refractivity contribution >= 4 is 29.2 Å². The van der Waals surface area contributed by atoms with Crippen LogP contribution in [0.15, 0.2) is 48.7 Å². The van der Waals surface area contributed by atoms with Crippen LogP contribution in [0.2, 0.25) is 0 Å². The number of anilines is 4. The zero-order valence-corrected chi connectivity index (χ0v) is 19.3. The number of nitrogens with one attached hydrogen (secondary N) is 2. The van der Waals surface area contributed by atoms with Crippen LogP contribution in [0.1, 0.15) is 21.5 Å². The number of hydrogen-bond donors (Lipinski definition) is 3. The number of hydrogen-bond acceptors (Lipinski definition) is 7. The molecule has 34 heavy (non-hydrogen) atoms. The second kappa shape index (κ2) is 12.1. The first-order valence-corrected chi connectivity index (χ1v) is 11.0. The first-order chi connectivity index (χ1) is 16.5. The van der Waals surface area contributed by atoms with Gasteiger partial charge in [-0.05, 0) is 49.9 Å². The number of aryl methyl sites for hydroxylation is 1. The van der Waals surface area contributed by atoms with Crippen molar-refractivity contribution < 1.29 is 18.3 Å². The van der Waals surface area contributed by atoms with Crippen molar-refractivity contribution in [2.75, 3.05) is 48.9 Å². The molecule has 9 heteroatoms. The molecule has 0 aliphatic carbocycles. The zero-order chi connectivity index (χ0) is 24.5. The molecule has 0 saturated carbocycles. The normalized spacial score (nSPS) is 13.0. The monoisotopic (exact) mass is 469 g/mol. The SMILES string of the molecule is CN.Cc1ccc(F)c(CNc2cc(Nc3ccc(N4CCOCC4)cc3)ncc2C=O)c1F. The Morgan fingerprint density at radius 2 is 1.82 bits per heavy atom. The summed E-state index contributed by atoms with van der Waals surface area (Å²) in [6, 6.07) is 12.2. The van der Waals surface area contributed by atoms with Gasteiger partial charge in [-0.15, -0.1) is 0 Å². The van der Waals surface area contributed by atoms with E-state index in [1.807, 2.05) is 24.3 Å². The summed E-state index contributed by atoms with van der Waals surface area (Å²) in [5, 5.41) is 6.16. The number of morpholine rings is 1. The molecular weight excluding hydrogens is 440 g/mol. The molecule has 0 unspecified atom stereocenters. The van der Waals surface area contributed by atoms with E-state index in [0.717, 1.165) is 37.7 Å². The Morgan fingerprint density at radius 3 is 2.50 bits per heavy atom. The van der Waals surface area contributed by atoms with Gasteiger partial charge < -0.3 is 26.0 Å². The van der Waals surface area contributed by atoms with Crippen LogP contribution in [0.5, 0.6) is 0 Å². The molecule has 1 saturated heterocycles. The average Bonchev–Trinajstić information content (AvgIpc) is 2.89. The average molecular weight is 470 g/mol. The van der Waals surface area contributed by atoms with Gasteiger partial charge in [0.15, 0.2) is 6.29 Å². The molecule has 180 valence electrons. The first kappa shape index (κ1) is 25.1. The van der Waals surface area contributed by atoms with Crippen molar-refractivity contribution in [3.63, 3.8) is 0 Å². The minimum Gasteiger partial charge on any atom is -0.380 e. The van der Waals surface area contributed by atoms with Crippen LogP contribution in [0, 0.1) is 18.6 Å². The summed E-state index contributed by atoms with van der Waals surface area (Å²) in [5.74, 6) is -0.735. The number of halogens is 2. The molecule has 1 aliphatic rings. The molecule has 2 heterocycles. The Bertz CT molecular complexity index is 1100. The molecule has 7 nitrogen and oxygen atoms in total. The smallest absolute Gasteiger partial charge is 0.153 e. The van der Waals surface area contributed by atoms with Crippen LogP contribution in [-0.2, 0) is 11.3 Å². The van der Waals surface area contributed by atoms with Crippen molar-refractivity contribution in [2.24, 2.45) is 5.73 Å². The highest BCUT2D eigenvalue weighted by Gasteiger charge is 2.13. The number of pyridine rings is 1. The van der Waals surface area contributed by atoms with E-state index in [-0.39, 0.29) is 12.1 Å². The lowest BCUT2D eigenvalue weighted by Crippen LogP contribution is -2.36. The second-order valence-corrected chi connectivity index (χ2v) is 7.56. The third-order valence-corrected chi connectivity index (χ3v) is 5.41. The maximum Gasteiger partial charge on any atom is 0.153 e. The Labute approximate surface area is 197 Å². The van der Waals surface area contributed by atoms with E-state index in [1.54, 1.807) is 13.0 Å². The van der Waals surface area contributed by atoms with E-state index in [0.29, 0.717) is 28.9 Å². The van der Waals surface area contributed by atoms with E-state index < -0.39 is 11.6 Å². The van der Waals surface area contributed by atoms with Gasteiger partial charge in [0.05, 0.1) is 24.5 Å². The van der Waals surface area contributed by atoms with Gasteiger partial charge in [-0.1, -0.05) is 6.07 Å². The number of nitrogens with zero attached hydrogens (tertiary/aromatic N) is 2. The number of aldehydes is 1. The quantitative estimate of drug-likeness (QED) is 0.446. The maximum atomic E-state index is 14.3. The molecule has 0 radical (unpaired) electrons. The summed E-state index contributed by atoms with van der Waals surface area (Å²) in [6.07, 6.45) is 2.07. The van der Waals surface area contributed by atoms with E-state index >= 15 is 0 Å². The Morgan fingerprint density at radius 1 is 1.12 bits per heavy atom. The van der Waals surface area contributed by atoms with E-state index in [2.05, 4.69) is 26.3 Å². The Kier molecular flexibility index (Phi) is 8.89. The van der Waals surface area contributed by atoms with E-state index in [1.165, 1.54) is 25.4 Å². The zero-order valence-electron chi connectivity index (χ0n) is 19.3. The molecule has 1 aliphatic heterocycles. The third-order valence-electron chi connectivity index (χ3n) is 5.41. The summed E-state index contributed by atoms with van der Waals surface area (Å²) in [5.41, 5.74) is 7.46. The molecule has 0 bridgehead atoms. The van der Waals surface area contributed by atoms with E-state index in [9.17, 15) is 13.6 Å². The molecule has 4 N–H and O–H groups in total. The number of rotatable bonds is 7. The number of aromatic nitrogens is 1. The van der Waals surface area contributed by atoms with Gasteiger partial charge in [-0.3, -0.25) is 4.79 Å². The van der Waals surface area contributed by atoms with Crippen molar-refractivity contribution in [1.82, 2.24) is 4.98 Å². The predicted octanol–water partition coefficient (Wildman–Crippen LogP) is 4.25. The number of carbonyl (C=O) groups is 1. The Balaban J connectivity index is 0.00000158. The molecule has 2 aromatic carbocycles. The van der Waals surface area contributed by atoms with Crippen LogP contribution in [0.4, 0.5) is 31.7 Å². The summed E-state index contributed by atoms with van der Waals surface area (Å²) in [7, 11) is 1.50. The van der Waals surface area contributed by atoms with Crippen molar-refractivity contribution in [2.45, 2.75) is 13.5 Å². The molecule has 0 amide bonds. The number of nitrogens with two attached hydrogens (primary N) is 1. The molecule has 3 aromatic rings. The third kappa shape index (κ3) is 6.06. The van der Waals surface area contributed by atoms with Gasteiger partial charge in [-0.2, -0.15) is 0 Å². The van der Waals surface area contributed by atoms with Crippen LogP contribution >= 0.6 is 0 Å². The van der Waals surface area contributed by atoms with Crippen molar-refractivity contribution in [3.8, 4) is 0 Å². The van der Waals surface area contributed by atoms with Gasteiger partial charge in [0.1, 0.15) is 17.5 Å². The highest BCUT2D eigenvalue weighted by molar-refractivity contribution is 5.85. The minimum atomic E-state index is -0.638.